The summed E-state index contributed by atoms with van der Waals surface area (Å²) in [7, 11) is 0. The van der Waals surface area contributed by atoms with E-state index >= 15 is 0 Å². The van der Waals surface area contributed by atoms with Crippen LogP contribution in [0, 0.1) is 6.92 Å². The van der Waals surface area contributed by atoms with Crippen LogP contribution >= 0.6 is 0 Å². The van der Waals surface area contributed by atoms with E-state index in [-0.39, 0.29) is 5.91 Å². The van der Waals surface area contributed by atoms with Crippen molar-refractivity contribution in [2.45, 2.75) is 25.7 Å². The molecule has 4 aromatic rings. The number of aryl methyl sites for hydroxylation is 1. The molecule has 1 amide bonds. The van der Waals surface area contributed by atoms with Crippen LogP contribution in [-0.4, -0.2) is 66.9 Å². The van der Waals surface area contributed by atoms with Crippen LogP contribution in [0.1, 0.15) is 40.7 Å². The van der Waals surface area contributed by atoms with Crippen LogP contribution in [0.25, 0.3) is 17.1 Å². The maximum absolute atomic E-state index is 13.2. The van der Waals surface area contributed by atoms with Gasteiger partial charge in [-0.25, -0.2) is 14.6 Å². The van der Waals surface area contributed by atoms with Gasteiger partial charge in [0, 0.05) is 56.3 Å². The van der Waals surface area contributed by atoms with Gasteiger partial charge in [0.25, 0.3) is 5.91 Å². The Morgan fingerprint density at radius 3 is 2.47 bits per heavy atom. The van der Waals surface area contributed by atoms with Crippen molar-refractivity contribution < 1.29 is 9.32 Å². The third-order valence-corrected chi connectivity index (χ3v) is 6.29. The first kappa shape index (κ1) is 20.5. The molecule has 0 unspecified atom stereocenters. The normalized spacial score (nSPS) is 16.1. The Bertz CT molecular complexity index is 1300. The van der Waals surface area contributed by atoms with Gasteiger partial charge in [-0.05, 0) is 50.1 Å². The van der Waals surface area contributed by atoms with E-state index in [9.17, 15) is 4.79 Å². The van der Waals surface area contributed by atoms with Crippen LogP contribution in [0.2, 0.25) is 0 Å². The average Bonchev–Trinajstić information content (AvgIpc) is 3.49. The first-order valence-electron chi connectivity index (χ1n) is 11.5. The fraction of sp³-hybridized carbons (Fsp3) is 0.333. The van der Waals surface area contributed by atoms with E-state index in [1.807, 2.05) is 36.1 Å². The quantitative estimate of drug-likeness (QED) is 0.451. The van der Waals surface area contributed by atoms with E-state index in [2.05, 4.69) is 30.1 Å². The first-order valence-corrected chi connectivity index (χ1v) is 11.5. The zero-order valence-electron chi connectivity index (χ0n) is 18.8. The Kier molecular flexibility index (Phi) is 5.05. The molecule has 34 heavy (non-hydrogen) atoms. The number of hydrogen-bond donors (Lipinski definition) is 0. The number of amides is 1. The van der Waals surface area contributed by atoms with Crippen molar-refractivity contribution in [2.24, 2.45) is 0 Å². The number of rotatable bonds is 5. The lowest BCUT2D eigenvalue weighted by atomic mass is 10.2. The van der Waals surface area contributed by atoms with E-state index in [1.165, 1.54) is 0 Å². The third kappa shape index (κ3) is 3.91. The summed E-state index contributed by atoms with van der Waals surface area (Å²) in [4.78, 5) is 30.3. The van der Waals surface area contributed by atoms with E-state index in [1.54, 1.807) is 29.3 Å². The van der Waals surface area contributed by atoms with Crippen molar-refractivity contribution in [1.29, 1.82) is 0 Å². The molecule has 1 saturated heterocycles. The van der Waals surface area contributed by atoms with Gasteiger partial charge in [0.1, 0.15) is 0 Å². The standard InChI is InChI=1S/C24H24N8O2/c1-16-20(23(33)30-11-13-31(14-12-30)24-25-9-2-10-26-24)15-32(28-16)19-7-5-17(6-8-19)21-27-22(34-29-21)18-3-4-18/h2,5-10,15,18H,3-4,11-14H2,1H3. The van der Waals surface area contributed by atoms with Gasteiger partial charge in [-0.1, -0.05) is 5.16 Å². The minimum atomic E-state index is -0.00611. The van der Waals surface area contributed by atoms with Crippen molar-refractivity contribution in [1.82, 2.24) is 34.8 Å². The minimum absolute atomic E-state index is 0.00611. The Balaban J connectivity index is 1.14. The van der Waals surface area contributed by atoms with Gasteiger partial charge in [0.15, 0.2) is 0 Å². The molecule has 0 atom stereocenters. The van der Waals surface area contributed by atoms with Gasteiger partial charge >= 0.3 is 0 Å². The number of nitrogens with zero attached hydrogens (tertiary/aromatic N) is 8. The summed E-state index contributed by atoms with van der Waals surface area (Å²) < 4.78 is 7.10. The molecule has 6 rings (SSSR count). The summed E-state index contributed by atoms with van der Waals surface area (Å²) in [5, 5.41) is 8.68. The van der Waals surface area contributed by atoms with Gasteiger partial charge in [-0.15, -0.1) is 0 Å². The second-order valence-corrected chi connectivity index (χ2v) is 8.68. The Labute approximate surface area is 196 Å². The van der Waals surface area contributed by atoms with Crippen LogP contribution in [0.4, 0.5) is 5.95 Å². The fourth-order valence-corrected chi connectivity index (χ4v) is 4.15. The largest absolute Gasteiger partial charge is 0.339 e. The van der Waals surface area contributed by atoms with Gasteiger partial charge < -0.3 is 14.3 Å². The number of piperazine rings is 1. The van der Waals surface area contributed by atoms with E-state index in [0.717, 1.165) is 30.0 Å². The number of carbonyl (C=O) groups is 1. The summed E-state index contributed by atoms with van der Waals surface area (Å²) >= 11 is 0. The Morgan fingerprint density at radius 2 is 1.76 bits per heavy atom. The molecule has 10 heteroatoms. The zero-order chi connectivity index (χ0) is 23.1. The molecule has 2 fully saturated rings. The van der Waals surface area contributed by atoms with Gasteiger partial charge in [-0.3, -0.25) is 4.79 Å². The highest BCUT2D eigenvalue weighted by Crippen LogP contribution is 2.39. The summed E-state index contributed by atoms with van der Waals surface area (Å²) in [6, 6.07) is 9.58. The highest BCUT2D eigenvalue weighted by atomic mass is 16.5. The van der Waals surface area contributed by atoms with Gasteiger partial charge in [-0.2, -0.15) is 10.1 Å². The van der Waals surface area contributed by atoms with Crippen molar-refractivity contribution in [2.75, 3.05) is 31.1 Å². The van der Waals surface area contributed by atoms with Crippen LogP contribution in [0.3, 0.4) is 0 Å². The van der Waals surface area contributed by atoms with E-state index < -0.39 is 0 Å². The molecule has 3 aromatic heterocycles. The van der Waals surface area contributed by atoms with Gasteiger partial charge in [0.2, 0.25) is 17.7 Å². The lowest BCUT2D eigenvalue weighted by molar-refractivity contribution is 0.0745. The molecular weight excluding hydrogens is 432 g/mol. The lowest BCUT2D eigenvalue weighted by Crippen LogP contribution is -2.49. The first-order chi connectivity index (χ1) is 16.7. The predicted molar refractivity (Wildman–Crippen MR) is 124 cm³/mol. The highest BCUT2D eigenvalue weighted by molar-refractivity contribution is 5.95. The number of hydrogen-bond acceptors (Lipinski definition) is 8. The van der Waals surface area contributed by atoms with E-state index in [0.29, 0.717) is 55.1 Å². The van der Waals surface area contributed by atoms with E-state index in [4.69, 9.17) is 4.52 Å². The maximum atomic E-state index is 13.2. The Morgan fingerprint density at radius 1 is 1.03 bits per heavy atom. The highest BCUT2D eigenvalue weighted by Gasteiger charge is 2.30. The zero-order valence-corrected chi connectivity index (χ0v) is 18.8. The summed E-state index contributed by atoms with van der Waals surface area (Å²) in [6.45, 7) is 4.49. The predicted octanol–water partition coefficient (Wildman–Crippen LogP) is 2.86. The molecular formula is C24H24N8O2. The van der Waals surface area contributed by atoms with Crippen molar-refractivity contribution >= 4 is 11.9 Å². The SMILES string of the molecule is Cc1nn(-c2ccc(-c3noc(C4CC4)n3)cc2)cc1C(=O)N1CCN(c2ncccn2)CC1. The Hall–Kier alpha value is -4.08. The summed E-state index contributed by atoms with van der Waals surface area (Å²) in [5.74, 6) is 2.45. The number of benzene rings is 1. The van der Waals surface area contributed by atoms with Crippen molar-refractivity contribution in [3.63, 3.8) is 0 Å². The molecule has 1 saturated carbocycles. The molecule has 10 nitrogen and oxygen atoms in total. The monoisotopic (exact) mass is 456 g/mol. The van der Waals surface area contributed by atoms with Crippen molar-refractivity contribution in [3.8, 4) is 17.1 Å². The molecule has 1 aliphatic heterocycles. The minimum Gasteiger partial charge on any atom is -0.339 e. The topological polar surface area (TPSA) is 106 Å². The molecule has 0 spiro atoms. The van der Waals surface area contributed by atoms with Crippen LogP contribution in [0.15, 0.2) is 53.4 Å². The van der Waals surface area contributed by atoms with Crippen LogP contribution < -0.4 is 4.90 Å². The van der Waals surface area contributed by atoms with Crippen molar-refractivity contribution in [3.05, 3.63) is 66.1 Å². The molecule has 0 radical (unpaired) electrons. The van der Waals surface area contributed by atoms with Gasteiger partial charge in [0.05, 0.1) is 16.9 Å². The number of aromatic nitrogens is 6. The molecule has 0 N–H and O–H groups in total. The third-order valence-electron chi connectivity index (χ3n) is 6.29. The summed E-state index contributed by atoms with van der Waals surface area (Å²) in [6.07, 6.45) is 7.52. The second-order valence-electron chi connectivity index (χ2n) is 8.68. The maximum Gasteiger partial charge on any atom is 0.257 e. The molecule has 0 bridgehead atoms. The molecule has 2 aliphatic rings. The fourth-order valence-electron chi connectivity index (χ4n) is 4.15. The molecule has 4 heterocycles. The molecule has 1 aliphatic carbocycles. The van der Waals surface area contributed by atoms with Crippen LogP contribution in [-0.2, 0) is 0 Å². The smallest absolute Gasteiger partial charge is 0.257 e. The second kappa shape index (κ2) is 8.36. The lowest BCUT2D eigenvalue weighted by Gasteiger charge is -2.34. The number of carbonyl (C=O) groups excluding carboxylic acids is 1. The molecule has 172 valence electrons. The average molecular weight is 457 g/mol. The molecule has 1 aromatic carbocycles. The van der Waals surface area contributed by atoms with Crippen LogP contribution in [0.5, 0.6) is 0 Å². The number of anilines is 1. The summed E-state index contributed by atoms with van der Waals surface area (Å²) in [5.41, 5.74) is 3.07.